The molecule has 6 aliphatic heterocycles. The van der Waals surface area contributed by atoms with Gasteiger partial charge in [0.05, 0.1) is 39.6 Å². The number of carbonyl (C=O) groups is 2. The first-order valence-corrected chi connectivity index (χ1v) is 16.0. The normalized spacial score (nSPS) is 21.4. The molecule has 0 aromatic carbocycles. The number of nitrogens with zero attached hydrogens (tertiary/aromatic N) is 6. The Kier molecular flexibility index (Phi) is 18.2. The van der Waals surface area contributed by atoms with E-state index in [-0.39, 0.29) is 19.5 Å². The molecule has 0 unspecified atom stereocenters. The van der Waals surface area contributed by atoms with Crippen LogP contribution in [-0.4, -0.2) is 53.6 Å². The number of methoxy groups -OCH3 is 2. The number of hydrogen-bond donors (Lipinski definition) is 0. The third kappa shape index (κ3) is 13.4. The maximum absolute atomic E-state index is 11.5. The molecule has 54 heavy (non-hydrogen) atoms. The molecule has 0 spiro atoms. The van der Waals surface area contributed by atoms with Crippen LogP contribution in [0.15, 0.2) is 178 Å². The molecule has 15 heteroatoms. The quantitative estimate of drug-likeness (QED) is 0.101. The minimum Gasteiger partial charge on any atom is -0.665 e. The summed E-state index contributed by atoms with van der Waals surface area (Å²) in [4.78, 5) is 41.9. The van der Waals surface area contributed by atoms with Gasteiger partial charge >= 0.3 is 31.4 Å². The molecule has 0 aromatic heterocycles. The summed E-state index contributed by atoms with van der Waals surface area (Å²) >= 11 is 0. The van der Waals surface area contributed by atoms with Crippen molar-refractivity contribution in [3.8, 4) is 0 Å². The van der Waals surface area contributed by atoms with Gasteiger partial charge in [0.25, 0.3) is 0 Å². The van der Waals surface area contributed by atoms with Gasteiger partial charge < -0.3 is 41.4 Å². The van der Waals surface area contributed by atoms with Crippen LogP contribution in [0.2, 0.25) is 0 Å². The van der Waals surface area contributed by atoms with Crippen LogP contribution in [0.4, 0.5) is 0 Å². The Morgan fingerprint density at radius 1 is 0.481 bits per heavy atom. The summed E-state index contributed by atoms with van der Waals surface area (Å²) in [5, 5.41) is 25.4. The molecule has 0 N–H and O–H groups in total. The predicted octanol–water partition coefficient (Wildman–Crippen LogP) is 8.71. The fourth-order valence-electron chi connectivity index (χ4n) is 4.48. The van der Waals surface area contributed by atoms with Gasteiger partial charge in [0, 0.05) is 0 Å². The van der Waals surface area contributed by atoms with Crippen molar-refractivity contribution < 1.29 is 58.1 Å². The maximum Gasteiger partial charge on any atom is 6.00 e. The monoisotopic (exact) mass is 820 g/mol. The van der Waals surface area contributed by atoms with Crippen molar-refractivity contribution in [3.05, 3.63) is 210 Å². The van der Waals surface area contributed by atoms with E-state index in [0.29, 0.717) is 35.8 Å². The first-order chi connectivity index (χ1) is 25.8. The van der Waals surface area contributed by atoms with Crippen molar-refractivity contribution in [2.45, 2.75) is 6.92 Å². The largest absolute Gasteiger partial charge is 6.00 e. The van der Waals surface area contributed by atoms with Gasteiger partial charge in [-0.25, -0.2) is 29.1 Å². The van der Waals surface area contributed by atoms with Gasteiger partial charge in [-0.1, -0.05) is 84.6 Å². The van der Waals surface area contributed by atoms with Crippen molar-refractivity contribution in [1.82, 2.24) is 0 Å². The summed E-state index contributed by atoms with van der Waals surface area (Å²) in [6, 6.07) is 0. The van der Waals surface area contributed by atoms with E-state index >= 15 is 0 Å². The van der Waals surface area contributed by atoms with Crippen LogP contribution in [0.25, 0.3) is 31.9 Å². The molecule has 14 nitrogen and oxygen atoms in total. The summed E-state index contributed by atoms with van der Waals surface area (Å²) in [5.74, 6) is -0.921. The predicted molar refractivity (Wildman–Crippen MR) is 201 cm³/mol. The Bertz CT molecular complexity index is 1770. The third-order valence-corrected chi connectivity index (χ3v) is 7.07. The van der Waals surface area contributed by atoms with Gasteiger partial charge in [-0.3, -0.25) is 0 Å². The van der Waals surface area contributed by atoms with E-state index in [9.17, 15) is 9.59 Å². The number of esters is 2. The molecule has 6 aliphatic rings. The molecule has 0 aromatic rings. The molecule has 280 valence electrons. The molecule has 0 saturated heterocycles. The molecule has 6 heterocycles. The smallest absolute Gasteiger partial charge is 0.665 e. The minimum atomic E-state index is -0.460. The van der Waals surface area contributed by atoms with Crippen LogP contribution in [0.5, 0.6) is 0 Å². The SMILES string of the molecule is CC1=CC(=C2C=CC=C[N-]2)[N-]C=C1.COC(=O)C1=CC(=C2C=C(C(=O)OC)C=C[N-]2)[N-]C=C1.COOCC1=CC(=C2C=C(COOC)C=C[N-]2)[N-]C=C1.[Ru+6]. The van der Waals surface area contributed by atoms with E-state index in [1.807, 2.05) is 61.6 Å². The summed E-state index contributed by atoms with van der Waals surface area (Å²) in [6.45, 7) is 2.77. The molecule has 0 fully saturated rings. The first-order valence-electron chi connectivity index (χ1n) is 16.0. The second-order valence-corrected chi connectivity index (χ2v) is 10.7. The zero-order valence-corrected chi connectivity index (χ0v) is 31.9. The number of hydrogen-bond acceptors (Lipinski definition) is 8. The Labute approximate surface area is 327 Å². The van der Waals surface area contributed by atoms with Crippen molar-refractivity contribution >= 4 is 11.9 Å². The van der Waals surface area contributed by atoms with Gasteiger partial charge in [0.1, 0.15) is 13.2 Å². The van der Waals surface area contributed by atoms with Crippen molar-refractivity contribution in [2.75, 3.05) is 41.7 Å². The van der Waals surface area contributed by atoms with E-state index in [2.05, 4.69) is 51.1 Å². The summed E-state index contributed by atoms with van der Waals surface area (Å²) in [5.41, 5.74) is 8.17. The standard InChI is InChI=1S/C14H16N2O4.C14H13N2O4.C11H10N2.Ru/c1-17-19-9-11-3-5-15-13(7-11)14-8-12(4-6-16-14)10-20-18-2;1-19-13(17)9-3-5-15-11(7-9)12-8-10(4-6-16-12)14(18)20-2;1-9-5-7-13-11(8-9)10-4-2-3-6-12-10;/h3-8H,9-10H2,1-2H3;3-8H,1-2H3,(H-,15,16,17,18);2-8H,1H3;/q-2;-1;-2;+6/p-1. The Hall–Kier alpha value is -5.70. The topological polar surface area (TPSA) is 174 Å². The first kappa shape index (κ1) is 42.7. The molecule has 0 radical (unpaired) electrons. The van der Waals surface area contributed by atoms with Crippen molar-refractivity contribution in [2.24, 2.45) is 0 Å². The zero-order valence-electron chi connectivity index (χ0n) is 30.2. The van der Waals surface area contributed by atoms with Crippen molar-refractivity contribution in [3.63, 3.8) is 0 Å². The van der Waals surface area contributed by atoms with E-state index < -0.39 is 11.9 Å². The maximum atomic E-state index is 11.5. The molecule has 0 saturated carbocycles. The number of allylic oxidation sites excluding steroid dienone is 10. The molecular weight excluding hydrogens is 782 g/mol. The van der Waals surface area contributed by atoms with E-state index in [0.717, 1.165) is 33.9 Å². The van der Waals surface area contributed by atoms with E-state index in [1.165, 1.54) is 46.4 Å². The van der Waals surface area contributed by atoms with Crippen LogP contribution in [0, 0.1) is 0 Å². The van der Waals surface area contributed by atoms with Crippen molar-refractivity contribution in [1.29, 1.82) is 0 Å². The summed E-state index contributed by atoms with van der Waals surface area (Å²) in [7, 11) is 5.56. The molecule has 0 amide bonds. The third-order valence-electron chi connectivity index (χ3n) is 7.07. The van der Waals surface area contributed by atoms with Gasteiger partial charge in [0.15, 0.2) is 0 Å². The second kappa shape index (κ2) is 23.1. The molecular formula is C39H38N6O8Ru. The minimum absolute atomic E-state index is 0. The number of carbonyl (C=O) groups excluding carboxylic acids is 2. The van der Waals surface area contributed by atoms with Crippen LogP contribution < -0.4 is 0 Å². The molecule has 0 atom stereocenters. The summed E-state index contributed by atoms with van der Waals surface area (Å²) in [6.07, 6.45) is 33.5. The molecule has 0 bridgehead atoms. The average molecular weight is 820 g/mol. The Morgan fingerprint density at radius 2 is 0.889 bits per heavy atom. The van der Waals surface area contributed by atoms with Crippen LogP contribution >= 0.6 is 0 Å². The fourth-order valence-corrected chi connectivity index (χ4v) is 4.48. The van der Waals surface area contributed by atoms with E-state index in [1.54, 1.807) is 49.1 Å². The van der Waals surface area contributed by atoms with Crippen LogP contribution in [0.3, 0.4) is 0 Å². The van der Waals surface area contributed by atoms with Crippen LogP contribution in [-0.2, 0) is 58.1 Å². The molecule has 0 aliphatic carbocycles. The van der Waals surface area contributed by atoms with Gasteiger partial charge in [-0.05, 0) is 18.1 Å². The Morgan fingerprint density at radius 3 is 1.30 bits per heavy atom. The zero-order chi connectivity index (χ0) is 37.8. The fraction of sp³-hybridized carbons (Fsp3) is 0.179. The average Bonchev–Trinajstić information content (AvgIpc) is 3.22. The van der Waals surface area contributed by atoms with Gasteiger partial charge in [-0.2, -0.15) is 71.4 Å². The second-order valence-electron chi connectivity index (χ2n) is 10.7. The Balaban J connectivity index is 0.000000221. The van der Waals surface area contributed by atoms with Crippen LogP contribution in [0.1, 0.15) is 6.92 Å². The summed E-state index contributed by atoms with van der Waals surface area (Å²) < 4.78 is 9.29. The van der Waals surface area contributed by atoms with Gasteiger partial charge in [0.2, 0.25) is 0 Å². The number of rotatable bonds is 8. The molecule has 6 rings (SSSR count). The van der Waals surface area contributed by atoms with Gasteiger partial charge in [-0.15, -0.1) is 0 Å². The van der Waals surface area contributed by atoms with E-state index in [4.69, 9.17) is 9.78 Å². The number of ether oxygens (including phenoxy) is 2.